The van der Waals surface area contributed by atoms with E-state index in [1.807, 2.05) is 0 Å². The van der Waals surface area contributed by atoms with E-state index in [2.05, 4.69) is 10.1 Å². The lowest BCUT2D eigenvalue weighted by atomic mass is 9.59. The number of carbonyl (C=O) groups excluding carboxylic acids is 1. The van der Waals surface area contributed by atoms with Crippen LogP contribution in [0.15, 0.2) is 48.8 Å². The molecule has 160 valence electrons. The second-order valence-electron chi connectivity index (χ2n) is 7.95. The molecule has 2 aromatic carbocycles. The van der Waals surface area contributed by atoms with Gasteiger partial charge in [0.2, 0.25) is 0 Å². The Morgan fingerprint density at radius 3 is 2.52 bits per heavy atom. The first kappa shape index (κ1) is 21.2. The third-order valence-electron chi connectivity index (χ3n) is 5.83. The van der Waals surface area contributed by atoms with E-state index in [0.29, 0.717) is 27.8 Å². The second-order valence-corrected chi connectivity index (χ2v) is 7.95. The van der Waals surface area contributed by atoms with Gasteiger partial charge >= 0.3 is 0 Å². The first-order valence-electron chi connectivity index (χ1n) is 10.1. The number of methoxy groups -OCH3 is 1. The van der Waals surface area contributed by atoms with E-state index >= 15 is 8.78 Å². The van der Waals surface area contributed by atoms with Gasteiger partial charge in [0.25, 0.3) is 5.91 Å². The number of carbonyl (C=O) groups is 1. The minimum Gasteiger partial charge on any atom is -0.497 e. The Kier molecular flexibility index (Phi) is 4.77. The van der Waals surface area contributed by atoms with E-state index in [4.69, 9.17) is 20.4 Å². The molecule has 0 N–H and O–H groups in total. The van der Waals surface area contributed by atoms with Crippen molar-refractivity contribution in [2.75, 3.05) is 7.11 Å². The highest BCUT2D eigenvalue weighted by Crippen LogP contribution is 2.37. The fourth-order valence-electron chi connectivity index (χ4n) is 4.18. The number of halogens is 2. The zero-order chi connectivity index (χ0) is 23.5. The van der Waals surface area contributed by atoms with Crippen LogP contribution in [0.4, 0.5) is 8.78 Å². The zero-order valence-electron chi connectivity index (χ0n) is 17.8. The third kappa shape index (κ3) is 3.28. The molecule has 6 nitrogen and oxygen atoms in total. The van der Waals surface area contributed by atoms with Crippen LogP contribution in [0.1, 0.15) is 21.6 Å². The molecule has 1 amide bonds. The summed E-state index contributed by atoms with van der Waals surface area (Å²) in [6.07, 6.45) is 3.21. The number of aryl methyl sites for hydroxylation is 1. The molecule has 0 atom stereocenters. The first-order valence-corrected chi connectivity index (χ1v) is 10.1. The molecule has 5 rings (SSSR count). The summed E-state index contributed by atoms with van der Waals surface area (Å²) in [5.74, 6) is -1.71. The van der Waals surface area contributed by atoms with Gasteiger partial charge in [0.05, 0.1) is 46.1 Å². The van der Waals surface area contributed by atoms with Crippen molar-refractivity contribution < 1.29 is 18.3 Å². The molecule has 3 heterocycles. The van der Waals surface area contributed by atoms with Gasteiger partial charge in [-0.2, -0.15) is 5.10 Å². The molecule has 0 spiro atoms. The molecule has 0 fully saturated rings. The zero-order valence-corrected chi connectivity index (χ0v) is 17.8. The molecule has 0 bridgehead atoms. The molecule has 0 aliphatic carbocycles. The SMILES string of the molecule is [B]C1([B])c2ncccc2C(=O)N1Cc1c(F)cc(-c2cc(OC)cc3nn(C)cc23)cc1F. The van der Waals surface area contributed by atoms with Gasteiger partial charge in [-0.3, -0.25) is 14.5 Å². The molecule has 33 heavy (non-hydrogen) atoms. The number of rotatable bonds is 4. The number of fused-ring (bicyclic) bond motifs is 2. The highest BCUT2D eigenvalue weighted by atomic mass is 19.1. The summed E-state index contributed by atoms with van der Waals surface area (Å²) in [5, 5.41) is 3.27. The van der Waals surface area contributed by atoms with Gasteiger partial charge in [-0.25, -0.2) is 8.78 Å². The van der Waals surface area contributed by atoms with Crippen LogP contribution in [0.5, 0.6) is 5.75 Å². The van der Waals surface area contributed by atoms with Crippen molar-refractivity contribution >= 4 is 32.5 Å². The topological polar surface area (TPSA) is 60.3 Å². The quantitative estimate of drug-likeness (QED) is 0.458. The molecule has 0 saturated carbocycles. The average molecular weight is 440 g/mol. The van der Waals surface area contributed by atoms with Crippen LogP contribution in [0.25, 0.3) is 22.0 Å². The predicted octanol–water partition coefficient (Wildman–Crippen LogP) is 3.03. The number of hydrogen-bond acceptors (Lipinski definition) is 4. The van der Waals surface area contributed by atoms with Crippen LogP contribution in [-0.2, 0) is 18.9 Å². The van der Waals surface area contributed by atoms with Crippen molar-refractivity contribution in [3.8, 4) is 16.9 Å². The predicted molar refractivity (Wildman–Crippen MR) is 120 cm³/mol. The van der Waals surface area contributed by atoms with Gasteiger partial charge in [-0.15, -0.1) is 0 Å². The van der Waals surface area contributed by atoms with Crippen molar-refractivity contribution in [2.45, 2.75) is 11.9 Å². The molecule has 2 aromatic heterocycles. The molecule has 4 radical (unpaired) electrons. The van der Waals surface area contributed by atoms with Gasteiger partial charge in [-0.05, 0) is 41.5 Å². The maximum absolute atomic E-state index is 15.2. The van der Waals surface area contributed by atoms with Crippen molar-refractivity contribution in [1.29, 1.82) is 0 Å². The monoisotopic (exact) mass is 440 g/mol. The van der Waals surface area contributed by atoms with Crippen LogP contribution in [0.3, 0.4) is 0 Å². The number of benzene rings is 2. The molecular formula is C23H16B2F2N4O2. The normalized spacial score (nSPS) is 14.7. The highest BCUT2D eigenvalue weighted by molar-refractivity contribution is 6.42. The summed E-state index contributed by atoms with van der Waals surface area (Å²) in [6, 6.07) is 8.94. The number of amides is 1. The van der Waals surface area contributed by atoms with E-state index in [-0.39, 0.29) is 16.8 Å². The summed E-state index contributed by atoms with van der Waals surface area (Å²) in [7, 11) is 15.5. The van der Waals surface area contributed by atoms with Crippen LogP contribution in [0, 0.1) is 11.6 Å². The number of ether oxygens (including phenoxy) is 1. The lowest BCUT2D eigenvalue weighted by Gasteiger charge is -2.33. The van der Waals surface area contributed by atoms with Gasteiger partial charge in [0.1, 0.15) is 17.4 Å². The number of aromatic nitrogens is 3. The van der Waals surface area contributed by atoms with Gasteiger partial charge in [0.15, 0.2) is 0 Å². The largest absolute Gasteiger partial charge is 0.497 e. The highest BCUT2D eigenvalue weighted by Gasteiger charge is 2.43. The molecule has 0 saturated heterocycles. The molecule has 10 heteroatoms. The van der Waals surface area contributed by atoms with E-state index in [0.717, 1.165) is 4.90 Å². The minimum atomic E-state index is -1.79. The first-order chi connectivity index (χ1) is 15.7. The fourth-order valence-corrected chi connectivity index (χ4v) is 4.18. The van der Waals surface area contributed by atoms with Gasteiger partial charge < -0.3 is 9.64 Å². The fraction of sp³-hybridized carbons (Fsp3) is 0.174. The van der Waals surface area contributed by atoms with Gasteiger partial charge in [-0.1, -0.05) is 0 Å². The van der Waals surface area contributed by atoms with E-state index < -0.39 is 29.4 Å². The summed E-state index contributed by atoms with van der Waals surface area (Å²) >= 11 is 0. The standard InChI is InChI=1S/C23H16B2F2N4O2/c1-30-10-16-15(8-13(33-2)9-20(16)29-30)12-6-18(26)17(19(27)7-12)11-31-22(32)14-4-3-5-28-21(14)23(31,24)25/h3-10H,11H2,1-2H3. The Bertz CT molecular complexity index is 1410. The van der Waals surface area contributed by atoms with E-state index in [1.165, 1.54) is 31.5 Å². The van der Waals surface area contributed by atoms with Crippen LogP contribution in [0.2, 0.25) is 0 Å². The van der Waals surface area contributed by atoms with Crippen LogP contribution >= 0.6 is 0 Å². The molecular weight excluding hydrogens is 424 g/mol. The Balaban J connectivity index is 1.56. The van der Waals surface area contributed by atoms with Crippen molar-refractivity contribution in [3.63, 3.8) is 0 Å². The van der Waals surface area contributed by atoms with Crippen molar-refractivity contribution in [1.82, 2.24) is 19.7 Å². The Morgan fingerprint density at radius 1 is 1.12 bits per heavy atom. The lowest BCUT2D eigenvalue weighted by Crippen LogP contribution is -2.45. The van der Waals surface area contributed by atoms with Crippen LogP contribution in [-0.4, -0.2) is 48.4 Å². The van der Waals surface area contributed by atoms with Crippen molar-refractivity contribution in [2.24, 2.45) is 7.05 Å². The summed E-state index contributed by atoms with van der Waals surface area (Å²) in [4.78, 5) is 17.9. The Hall–Kier alpha value is -3.68. The molecule has 1 aliphatic heterocycles. The van der Waals surface area contributed by atoms with Crippen molar-refractivity contribution in [3.05, 3.63) is 77.2 Å². The average Bonchev–Trinajstić information content (AvgIpc) is 3.24. The third-order valence-corrected chi connectivity index (χ3v) is 5.83. The summed E-state index contributed by atoms with van der Waals surface area (Å²) in [5.41, 5.74) is 1.52. The van der Waals surface area contributed by atoms with Gasteiger partial charge in [0, 0.05) is 41.8 Å². The molecule has 0 unspecified atom stereocenters. The molecule has 1 aliphatic rings. The lowest BCUT2D eigenvalue weighted by molar-refractivity contribution is 0.0727. The number of nitrogens with zero attached hydrogens (tertiary/aromatic N) is 4. The summed E-state index contributed by atoms with van der Waals surface area (Å²) in [6.45, 7) is -0.458. The van der Waals surface area contributed by atoms with E-state index in [9.17, 15) is 4.79 Å². The minimum absolute atomic E-state index is 0.155. The van der Waals surface area contributed by atoms with Crippen LogP contribution < -0.4 is 4.74 Å². The maximum atomic E-state index is 15.2. The molecule has 4 aromatic rings. The Labute approximate surface area is 191 Å². The smallest absolute Gasteiger partial charge is 0.255 e. The number of hydrogen-bond donors (Lipinski definition) is 0. The number of pyridine rings is 1. The summed E-state index contributed by atoms with van der Waals surface area (Å²) < 4.78 is 37.4. The maximum Gasteiger partial charge on any atom is 0.255 e. The van der Waals surface area contributed by atoms with E-state index in [1.54, 1.807) is 36.1 Å². The Morgan fingerprint density at radius 2 is 1.85 bits per heavy atom. The second kappa shape index (κ2) is 7.43.